The summed E-state index contributed by atoms with van der Waals surface area (Å²) in [5.74, 6) is 0. The van der Waals surface area contributed by atoms with E-state index in [-0.39, 0.29) is 16.1 Å². The van der Waals surface area contributed by atoms with Crippen molar-refractivity contribution < 1.29 is 0 Å². The van der Waals surface area contributed by atoms with Crippen molar-refractivity contribution in [1.82, 2.24) is 0 Å². The first-order valence-electron chi connectivity index (χ1n) is 3.05. The van der Waals surface area contributed by atoms with E-state index in [0.717, 1.165) is 16.7 Å². The third kappa shape index (κ3) is 1.56. The van der Waals surface area contributed by atoms with Crippen molar-refractivity contribution in [3.05, 3.63) is 0 Å². The van der Waals surface area contributed by atoms with E-state index in [9.17, 15) is 0 Å². The van der Waals surface area contributed by atoms with Crippen molar-refractivity contribution in [2.45, 2.75) is 28.1 Å². The Labute approximate surface area is 73.3 Å². The quantitative estimate of drug-likeness (QED) is 0.412. The smallest absolute Gasteiger partial charge is 0.0662 e. The highest BCUT2D eigenvalue weighted by molar-refractivity contribution is 6.38. The van der Waals surface area contributed by atoms with Crippen LogP contribution in [0, 0.1) is 0 Å². The summed E-state index contributed by atoms with van der Waals surface area (Å²) in [6.45, 7) is 0. The van der Waals surface area contributed by atoms with Crippen molar-refractivity contribution in [2.75, 3.05) is 0 Å². The van der Waals surface area contributed by atoms with Gasteiger partial charge in [-0.15, -0.1) is 34.8 Å². The fourth-order valence-corrected chi connectivity index (χ4v) is 3.74. The first-order chi connectivity index (χ1) is 4.13. The van der Waals surface area contributed by atoms with Gasteiger partial charge in [0.1, 0.15) is 0 Å². The molecule has 0 spiro atoms. The second kappa shape index (κ2) is 2.99. The molecule has 54 valence electrons. The van der Waals surface area contributed by atoms with Gasteiger partial charge in [-0.05, 0) is 12.0 Å². The zero-order valence-electron chi connectivity index (χ0n) is 5.15. The Bertz CT molecular complexity index is 96.4. The maximum Gasteiger partial charge on any atom is 0.0662 e. The maximum absolute atomic E-state index is 5.93. The molecule has 0 aromatic carbocycles. The van der Waals surface area contributed by atoms with Crippen LogP contribution in [0.3, 0.4) is 0 Å². The van der Waals surface area contributed by atoms with Crippen LogP contribution in [0.25, 0.3) is 0 Å². The van der Waals surface area contributed by atoms with Crippen LogP contribution in [0.5, 0.6) is 0 Å². The van der Waals surface area contributed by atoms with Gasteiger partial charge in [0.05, 0.1) is 16.1 Å². The molecular weight excluding hydrogens is 194 g/mol. The standard InChI is InChI=1S/C5H9Cl3Si/c6-2-1-3(9)5(8)4(2)7/h2-5H,1H2,9H3. The first-order valence-corrected chi connectivity index (χ1v) is 5.51. The maximum atomic E-state index is 5.93. The van der Waals surface area contributed by atoms with Gasteiger partial charge in [-0.1, -0.05) is 0 Å². The Morgan fingerprint density at radius 3 is 1.78 bits per heavy atom. The summed E-state index contributed by atoms with van der Waals surface area (Å²) in [4.78, 5) is 0. The van der Waals surface area contributed by atoms with Crippen molar-refractivity contribution in [3.8, 4) is 0 Å². The van der Waals surface area contributed by atoms with Crippen LogP contribution in [-0.4, -0.2) is 26.4 Å². The summed E-state index contributed by atoms with van der Waals surface area (Å²) in [6, 6.07) is 0. The van der Waals surface area contributed by atoms with Crippen molar-refractivity contribution in [3.63, 3.8) is 0 Å². The molecule has 0 amide bonds. The molecule has 0 radical (unpaired) electrons. The highest BCUT2D eigenvalue weighted by atomic mass is 35.5. The summed E-state index contributed by atoms with van der Waals surface area (Å²) in [6.07, 6.45) is 1.01. The molecule has 0 N–H and O–H groups in total. The van der Waals surface area contributed by atoms with Gasteiger partial charge in [-0.25, -0.2) is 0 Å². The van der Waals surface area contributed by atoms with E-state index in [0.29, 0.717) is 5.54 Å². The van der Waals surface area contributed by atoms with E-state index in [2.05, 4.69) is 0 Å². The predicted molar refractivity (Wildman–Crippen MR) is 47.2 cm³/mol. The van der Waals surface area contributed by atoms with E-state index in [1.807, 2.05) is 0 Å². The minimum Gasteiger partial charge on any atom is -0.121 e. The monoisotopic (exact) mass is 202 g/mol. The van der Waals surface area contributed by atoms with Crippen LogP contribution in [0.15, 0.2) is 0 Å². The van der Waals surface area contributed by atoms with Crippen molar-refractivity contribution in [1.29, 1.82) is 0 Å². The molecule has 1 aliphatic carbocycles. The molecule has 4 unspecified atom stereocenters. The van der Waals surface area contributed by atoms with Gasteiger partial charge in [0, 0.05) is 10.2 Å². The lowest BCUT2D eigenvalue weighted by Gasteiger charge is -2.08. The Balaban J connectivity index is 2.54. The van der Waals surface area contributed by atoms with Gasteiger partial charge in [-0.2, -0.15) is 0 Å². The molecule has 0 bridgehead atoms. The second-order valence-electron chi connectivity index (χ2n) is 2.62. The van der Waals surface area contributed by atoms with Gasteiger partial charge in [0.2, 0.25) is 0 Å². The van der Waals surface area contributed by atoms with Crippen LogP contribution >= 0.6 is 34.8 Å². The minimum atomic E-state index is -0.00386. The largest absolute Gasteiger partial charge is 0.121 e. The van der Waals surface area contributed by atoms with E-state index in [4.69, 9.17) is 34.8 Å². The highest BCUT2D eigenvalue weighted by Gasteiger charge is 2.37. The molecular formula is C5H9Cl3Si. The molecule has 9 heavy (non-hydrogen) atoms. The normalized spacial score (nSPS) is 52.3. The lowest BCUT2D eigenvalue weighted by atomic mass is 10.4. The number of hydrogen-bond acceptors (Lipinski definition) is 0. The Morgan fingerprint density at radius 1 is 1.11 bits per heavy atom. The van der Waals surface area contributed by atoms with Gasteiger partial charge < -0.3 is 0 Å². The lowest BCUT2D eigenvalue weighted by Crippen LogP contribution is -2.15. The van der Waals surface area contributed by atoms with E-state index >= 15 is 0 Å². The molecule has 0 heterocycles. The Morgan fingerprint density at radius 2 is 1.67 bits per heavy atom. The first kappa shape index (κ1) is 8.19. The second-order valence-corrected chi connectivity index (χ2v) is 5.67. The third-order valence-electron chi connectivity index (χ3n) is 1.79. The molecule has 1 fully saturated rings. The van der Waals surface area contributed by atoms with E-state index in [1.54, 1.807) is 0 Å². The summed E-state index contributed by atoms with van der Waals surface area (Å²) in [5.41, 5.74) is 0.608. The minimum absolute atomic E-state index is 0.00386. The van der Waals surface area contributed by atoms with Gasteiger partial charge in [0.15, 0.2) is 0 Å². The molecule has 1 saturated carbocycles. The van der Waals surface area contributed by atoms with Crippen LogP contribution < -0.4 is 0 Å². The molecule has 0 nitrogen and oxygen atoms in total. The predicted octanol–water partition coefficient (Wildman–Crippen LogP) is 1.37. The summed E-state index contributed by atoms with van der Waals surface area (Å²) in [5, 5.41) is 0.230. The van der Waals surface area contributed by atoms with Gasteiger partial charge in [0.25, 0.3) is 0 Å². The molecule has 4 atom stereocenters. The molecule has 0 aromatic heterocycles. The van der Waals surface area contributed by atoms with Gasteiger partial charge >= 0.3 is 0 Å². The number of alkyl halides is 3. The Kier molecular flexibility index (Phi) is 2.72. The molecule has 0 aliphatic heterocycles. The van der Waals surface area contributed by atoms with Crippen LogP contribution in [0.1, 0.15) is 6.42 Å². The summed E-state index contributed by atoms with van der Waals surface area (Å²) in [7, 11) is 1.11. The van der Waals surface area contributed by atoms with Crippen LogP contribution in [0.2, 0.25) is 5.54 Å². The SMILES string of the molecule is [SiH3]C1CC(Cl)C(Cl)C1Cl. The van der Waals surface area contributed by atoms with Crippen LogP contribution in [-0.2, 0) is 0 Å². The van der Waals surface area contributed by atoms with E-state index < -0.39 is 0 Å². The topological polar surface area (TPSA) is 0 Å². The summed E-state index contributed by atoms with van der Waals surface area (Å²) < 4.78 is 0. The van der Waals surface area contributed by atoms with E-state index in [1.165, 1.54) is 0 Å². The molecule has 0 saturated heterocycles. The molecule has 1 aliphatic rings. The lowest BCUT2D eigenvalue weighted by molar-refractivity contribution is 0.887. The van der Waals surface area contributed by atoms with Crippen molar-refractivity contribution >= 4 is 45.0 Å². The zero-order valence-corrected chi connectivity index (χ0v) is 9.42. The number of halogens is 3. The molecule has 0 aromatic rings. The third-order valence-corrected chi connectivity index (χ3v) is 5.39. The molecule has 1 rings (SSSR count). The van der Waals surface area contributed by atoms with Crippen molar-refractivity contribution in [2.24, 2.45) is 0 Å². The molecule has 4 heteroatoms. The number of hydrogen-bond donors (Lipinski definition) is 0. The highest BCUT2D eigenvalue weighted by Crippen LogP contribution is 2.39. The fourth-order valence-electron chi connectivity index (χ4n) is 1.13. The number of rotatable bonds is 0. The van der Waals surface area contributed by atoms with Crippen LogP contribution in [0.4, 0.5) is 0 Å². The zero-order chi connectivity index (χ0) is 7.02. The average Bonchev–Trinajstić information content (AvgIpc) is 1.98. The Hall–Kier alpha value is 1.09. The van der Waals surface area contributed by atoms with Gasteiger partial charge in [-0.3, -0.25) is 0 Å². The average molecular weight is 204 g/mol. The fraction of sp³-hybridized carbons (Fsp3) is 1.00. The summed E-state index contributed by atoms with van der Waals surface area (Å²) >= 11 is 17.7.